The lowest BCUT2D eigenvalue weighted by molar-refractivity contribution is 0.450. The highest BCUT2D eigenvalue weighted by molar-refractivity contribution is 5.19. The van der Waals surface area contributed by atoms with Gasteiger partial charge in [-0.3, -0.25) is 0 Å². The SMILES string of the molecule is N#CCC(NCCCC1CCCC1)c1ccccc1. The van der Waals surface area contributed by atoms with E-state index in [9.17, 15) is 0 Å². The summed E-state index contributed by atoms with van der Waals surface area (Å²) in [7, 11) is 0. The zero-order chi connectivity index (χ0) is 13.3. The van der Waals surface area contributed by atoms with Crippen LogP contribution in [0.5, 0.6) is 0 Å². The lowest BCUT2D eigenvalue weighted by Gasteiger charge is -2.17. The third kappa shape index (κ3) is 4.69. The van der Waals surface area contributed by atoms with Gasteiger partial charge in [-0.1, -0.05) is 56.0 Å². The van der Waals surface area contributed by atoms with Crippen LogP contribution in [-0.2, 0) is 0 Å². The molecule has 2 heteroatoms. The van der Waals surface area contributed by atoms with Crippen molar-refractivity contribution in [2.75, 3.05) is 6.54 Å². The van der Waals surface area contributed by atoms with Crippen molar-refractivity contribution in [3.63, 3.8) is 0 Å². The van der Waals surface area contributed by atoms with Gasteiger partial charge in [0.05, 0.1) is 12.5 Å². The van der Waals surface area contributed by atoms with Gasteiger partial charge < -0.3 is 5.32 Å². The predicted molar refractivity (Wildman–Crippen MR) is 78.6 cm³/mol. The van der Waals surface area contributed by atoms with Crippen molar-refractivity contribution in [3.05, 3.63) is 35.9 Å². The number of nitrogens with one attached hydrogen (secondary N) is 1. The average molecular weight is 256 g/mol. The molecule has 0 spiro atoms. The Morgan fingerprint density at radius 2 is 1.95 bits per heavy atom. The zero-order valence-electron chi connectivity index (χ0n) is 11.6. The molecule has 0 bridgehead atoms. The maximum Gasteiger partial charge on any atom is 0.0641 e. The van der Waals surface area contributed by atoms with Crippen molar-refractivity contribution < 1.29 is 0 Å². The maximum absolute atomic E-state index is 8.94. The first-order valence-electron chi connectivity index (χ1n) is 7.55. The van der Waals surface area contributed by atoms with Crippen LogP contribution in [0.1, 0.15) is 56.6 Å². The van der Waals surface area contributed by atoms with Gasteiger partial charge in [-0.15, -0.1) is 0 Å². The van der Waals surface area contributed by atoms with Gasteiger partial charge in [0.15, 0.2) is 0 Å². The smallest absolute Gasteiger partial charge is 0.0641 e. The van der Waals surface area contributed by atoms with Gasteiger partial charge in [0, 0.05) is 6.04 Å². The van der Waals surface area contributed by atoms with E-state index < -0.39 is 0 Å². The summed E-state index contributed by atoms with van der Waals surface area (Å²) >= 11 is 0. The van der Waals surface area contributed by atoms with E-state index in [1.165, 1.54) is 44.1 Å². The highest BCUT2D eigenvalue weighted by Crippen LogP contribution is 2.28. The maximum atomic E-state index is 8.94. The number of nitrogens with zero attached hydrogens (tertiary/aromatic N) is 1. The molecule has 1 fully saturated rings. The van der Waals surface area contributed by atoms with Crippen LogP contribution >= 0.6 is 0 Å². The monoisotopic (exact) mass is 256 g/mol. The van der Waals surface area contributed by atoms with Crippen molar-refractivity contribution in [1.29, 1.82) is 5.26 Å². The summed E-state index contributed by atoms with van der Waals surface area (Å²) in [5.74, 6) is 0.966. The molecule has 19 heavy (non-hydrogen) atoms. The van der Waals surface area contributed by atoms with Crippen LogP contribution in [0, 0.1) is 17.2 Å². The molecule has 1 aliphatic rings. The van der Waals surface area contributed by atoms with Crippen molar-refractivity contribution >= 4 is 0 Å². The van der Waals surface area contributed by atoms with Crippen molar-refractivity contribution in [1.82, 2.24) is 5.32 Å². The first-order valence-corrected chi connectivity index (χ1v) is 7.55. The molecule has 102 valence electrons. The number of hydrogen-bond donors (Lipinski definition) is 1. The minimum atomic E-state index is 0.190. The second-order valence-electron chi connectivity index (χ2n) is 5.57. The van der Waals surface area contributed by atoms with E-state index in [0.29, 0.717) is 6.42 Å². The van der Waals surface area contributed by atoms with E-state index in [0.717, 1.165) is 12.5 Å². The molecule has 1 atom stereocenters. The minimum absolute atomic E-state index is 0.190. The molecule has 0 aromatic heterocycles. The highest BCUT2D eigenvalue weighted by Gasteiger charge is 2.15. The minimum Gasteiger partial charge on any atom is -0.309 e. The Hall–Kier alpha value is -1.33. The standard InChI is InChI=1S/C17H24N2/c18-13-12-17(16-10-2-1-3-11-16)19-14-6-9-15-7-4-5-8-15/h1-3,10-11,15,17,19H,4-9,12,14H2. The van der Waals surface area contributed by atoms with Gasteiger partial charge in [-0.2, -0.15) is 5.26 Å². The Morgan fingerprint density at radius 3 is 2.63 bits per heavy atom. The molecule has 1 unspecified atom stereocenters. The first kappa shape index (κ1) is 14.1. The third-order valence-corrected chi connectivity index (χ3v) is 4.15. The Kier molecular flexibility index (Phi) is 5.91. The highest BCUT2D eigenvalue weighted by atomic mass is 14.9. The van der Waals surface area contributed by atoms with Crippen LogP contribution < -0.4 is 5.32 Å². The molecule has 1 aromatic rings. The molecular weight excluding hydrogens is 232 g/mol. The number of nitriles is 1. The number of benzene rings is 1. The Morgan fingerprint density at radius 1 is 1.21 bits per heavy atom. The molecule has 1 N–H and O–H groups in total. The molecule has 0 heterocycles. The largest absolute Gasteiger partial charge is 0.309 e. The van der Waals surface area contributed by atoms with Gasteiger partial charge in [-0.25, -0.2) is 0 Å². The van der Waals surface area contributed by atoms with E-state index >= 15 is 0 Å². The van der Waals surface area contributed by atoms with E-state index in [-0.39, 0.29) is 6.04 Å². The quantitative estimate of drug-likeness (QED) is 0.742. The summed E-state index contributed by atoms with van der Waals surface area (Å²) in [6.07, 6.45) is 8.85. The summed E-state index contributed by atoms with van der Waals surface area (Å²) in [5, 5.41) is 12.5. The second kappa shape index (κ2) is 7.96. The van der Waals surface area contributed by atoms with Gasteiger partial charge >= 0.3 is 0 Å². The molecule has 2 rings (SSSR count). The van der Waals surface area contributed by atoms with Crippen molar-refractivity contribution in [2.45, 2.75) is 51.0 Å². The fraction of sp³-hybridized carbons (Fsp3) is 0.588. The average Bonchev–Trinajstić information content (AvgIpc) is 2.96. The summed E-state index contributed by atoms with van der Waals surface area (Å²) in [6.45, 7) is 1.03. The summed E-state index contributed by atoms with van der Waals surface area (Å²) in [6, 6.07) is 12.8. The second-order valence-corrected chi connectivity index (χ2v) is 5.57. The predicted octanol–water partition coefficient (Wildman–Crippen LogP) is 4.20. The van der Waals surface area contributed by atoms with E-state index in [2.05, 4.69) is 23.5 Å². The topological polar surface area (TPSA) is 35.8 Å². The molecule has 0 amide bonds. The van der Waals surface area contributed by atoms with Crippen LogP contribution in [0.2, 0.25) is 0 Å². The Bertz CT molecular complexity index is 387. The first-order chi connectivity index (χ1) is 9.40. The van der Waals surface area contributed by atoms with Crippen LogP contribution in [0.4, 0.5) is 0 Å². The molecule has 1 aliphatic carbocycles. The Labute approximate surface area is 116 Å². The van der Waals surface area contributed by atoms with Gasteiger partial charge in [0.2, 0.25) is 0 Å². The molecular formula is C17H24N2. The molecule has 0 radical (unpaired) electrons. The van der Waals surface area contributed by atoms with Crippen LogP contribution in [0.25, 0.3) is 0 Å². The molecule has 1 aromatic carbocycles. The number of hydrogen-bond acceptors (Lipinski definition) is 2. The fourth-order valence-electron chi connectivity index (χ4n) is 3.05. The number of rotatable bonds is 7. The Balaban J connectivity index is 1.73. The van der Waals surface area contributed by atoms with Crippen molar-refractivity contribution in [3.8, 4) is 6.07 Å². The summed E-state index contributed by atoms with van der Waals surface area (Å²) in [4.78, 5) is 0. The van der Waals surface area contributed by atoms with Crippen LogP contribution in [0.15, 0.2) is 30.3 Å². The zero-order valence-corrected chi connectivity index (χ0v) is 11.6. The van der Waals surface area contributed by atoms with E-state index in [1.54, 1.807) is 0 Å². The fourth-order valence-corrected chi connectivity index (χ4v) is 3.05. The van der Waals surface area contributed by atoms with Crippen LogP contribution in [-0.4, -0.2) is 6.54 Å². The summed E-state index contributed by atoms with van der Waals surface area (Å²) in [5.41, 5.74) is 1.23. The van der Waals surface area contributed by atoms with Crippen LogP contribution in [0.3, 0.4) is 0 Å². The van der Waals surface area contributed by atoms with E-state index in [1.807, 2.05) is 18.2 Å². The molecule has 0 aliphatic heterocycles. The third-order valence-electron chi connectivity index (χ3n) is 4.15. The molecule has 0 saturated heterocycles. The molecule has 2 nitrogen and oxygen atoms in total. The van der Waals surface area contributed by atoms with Crippen molar-refractivity contribution in [2.24, 2.45) is 5.92 Å². The van der Waals surface area contributed by atoms with Gasteiger partial charge in [0.1, 0.15) is 0 Å². The summed E-state index contributed by atoms with van der Waals surface area (Å²) < 4.78 is 0. The van der Waals surface area contributed by atoms with E-state index in [4.69, 9.17) is 5.26 Å². The lowest BCUT2D eigenvalue weighted by atomic mass is 10.0. The normalized spacial score (nSPS) is 17.2. The lowest BCUT2D eigenvalue weighted by Crippen LogP contribution is -2.22. The van der Waals surface area contributed by atoms with Gasteiger partial charge in [0.25, 0.3) is 0 Å². The molecule has 1 saturated carbocycles. The van der Waals surface area contributed by atoms with Gasteiger partial charge in [-0.05, 0) is 30.9 Å².